The van der Waals surface area contributed by atoms with Gasteiger partial charge in [0.1, 0.15) is 0 Å². The molecule has 1 heterocycles. The van der Waals surface area contributed by atoms with Crippen LogP contribution in [0.5, 0.6) is 0 Å². The smallest absolute Gasteiger partial charge is 0.159 e. The number of alkyl halides is 1. The first-order valence-corrected chi connectivity index (χ1v) is 8.39. The number of hydrogen-bond donors (Lipinski definition) is 0. The lowest BCUT2D eigenvalue weighted by molar-refractivity contribution is 0.563. The summed E-state index contributed by atoms with van der Waals surface area (Å²) in [5.74, 6) is 1.01. The van der Waals surface area contributed by atoms with E-state index in [9.17, 15) is 0 Å². The van der Waals surface area contributed by atoms with Gasteiger partial charge in [-0.3, -0.25) is 0 Å². The van der Waals surface area contributed by atoms with Crippen molar-refractivity contribution in [3.8, 4) is 0 Å². The van der Waals surface area contributed by atoms with Crippen LogP contribution in [0.3, 0.4) is 0 Å². The van der Waals surface area contributed by atoms with Crippen molar-refractivity contribution in [3.63, 3.8) is 0 Å². The molecule has 0 bridgehead atoms. The summed E-state index contributed by atoms with van der Waals surface area (Å²) in [5.41, 5.74) is 0.993. The van der Waals surface area contributed by atoms with Gasteiger partial charge in [-0.2, -0.15) is 5.10 Å². The van der Waals surface area contributed by atoms with E-state index in [-0.39, 0.29) is 0 Å². The molecule has 1 aromatic carbocycles. The fourth-order valence-corrected chi connectivity index (χ4v) is 3.10. The van der Waals surface area contributed by atoms with Crippen LogP contribution in [0.15, 0.2) is 24.3 Å². The van der Waals surface area contributed by atoms with Gasteiger partial charge in [0.15, 0.2) is 5.82 Å². The third kappa shape index (κ3) is 2.95. The summed E-state index contributed by atoms with van der Waals surface area (Å²) in [6.45, 7) is 7.44. The Bertz CT molecular complexity index is 567. The quantitative estimate of drug-likeness (QED) is 0.736. The van der Waals surface area contributed by atoms with Crippen molar-refractivity contribution in [2.24, 2.45) is 0 Å². The van der Waals surface area contributed by atoms with Crippen LogP contribution in [0.4, 0.5) is 5.82 Å². The molecule has 0 aliphatic heterocycles. The summed E-state index contributed by atoms with van der Waals surface area (Å²) in [7, 11) is 0. The van der Waals surface area contributed by atoms with Gasteiger partial charge < -0.3 is 4.90 Å². The molecule has 20 heavy (non-hydrogen) atoms. The predicted octanol–water partition coefficient (Wildman–Crippen LogP) is 4.33. The normalized spacial score (nSPS) is 11.2. The maximum Gasteiger partial charge on any atom is 0.159 e. The van der Waals surface area contributed by atoms with E-state index in [4.69, 9.17) is 0 Å². The van der Waals surface area contributed by atoms with Crippen molar-refractivity contribution in [2.45, 2.75) is 39.7 Å². The molecule has 0 saturated carbocycles. The molecule has 0 N–H and O–H groups in total. The number of aryl methyl sites for hydroxylation is 1. The molecular formula is C16H22BrN3. The largest absolute Gasteiger partial charge is 0.351 e. The van der Waals surface area contributed by atoms with Crippen molar-refractivity contribution in [2.75, 3.05) is 16.8 Å². The maximum absolute atomic E-state index is 4.50. The first-order valence-electron chi connectivity index (χ1n) is 7.27. The minimum atomic E-state index is 0.507. The van der Waals surface area contributed by atoms with E-state index < -0.39 is 0 Å². The zero-order valence-corrected chi connectivity index (χ0v) is 14.0. The van der Waals surface area contributed by atoms with Crippen LogP contribution in [-0.2, 0) is 0 Å². The predicted molar refractivity (Wildman–Crippen MR) is 89.8 cm³/mol. The van der Waals surface area contributed by atoms with Gasteiger partial charge >= 0.3 is 0 Å². The lowest BCUT2D eigenvalue weighted by Gasteiger charge is -2.31. The van der Waals surface area contributed by atoms with Gasteiger partial charge in [0.05, 0.1) is 5.69 Å². The molecule has 3 nitrogen and oxygen atoms in total. The summed E-state index contributed by atoms with van der Waals surface area (Å²) in [6.07, 6.45) is 2.24. The topological polar surface area (TPSA) is 29.0 Å². The van der Waals surface area contributed by atoms with Crippen LogP contribution in [0.25, 0.3) is 10.8 Å². The number of nitrogens with zero attached hydrogens (tertiary/aromatic N) is 3. The summed E-state index contributed by atoms with van der Waals surface area (Å²) >= 11 is 3.56. The van der Waals surface area contributed by atoms with Crippen LogP contribution >= 0.6 is 15.9 Å². The Hall–Kier alpha value is -1.16. The van der Waals surface area contributed by atoms with Gasteiger partial charge in [-0.25, -0.2) is 0 Å². The number of aromatic nitrogens is 2. The van der Waals surface area contributed by atoms with Gasteiger partial charge in [-0.15, -0.1) is 5.10 Å². The van der Waals surface area contributed by atoms with E-state index in [1.54, 1.807) is 0 Å². The minimum Gasteiger partial charge on any atom is -0.351 e. The van der Waals surface area contributed by atoms with Crippen LogP contribution in [-0.4, -0.2) is 28.1 Å². The third-order valence-corrected chi connectivity index (χ3v) is 4.19. The number of halogens is 1. The van der Waals surface area contributed by atoms with Gasteiger partial charge in [-0.1, -0.05) is 54.0 Å². The van der Waals surface area contributed by atoms with Crippen LogP contribution in [0.1, 0.15) is 32.4 Å². The minimum absolute atomic E-state index is 0.507. The Morgan fingerprint density at radius 1 is 1.10 bits per heavy atom. The lowest BCUT2D eigenvalue weighted by atomic mass is 10.1. The average molecular weight is 336 g/mol. The van der Waals surface area contributed by atoms with E-state index in [0.717, 1.165) is 36.2 Å². The number of benzene rings is 1. The van der Waals surface area contributed by atoms with Gasteiger partial charge in [0.2, 0.25) is 0 Å². The molecule has 2 rings (SSSR count). The molecule has 0 aliphatic rings. The summed E-state index contributed by atoms with van der Waals surface area (Å²) in [5, 5.41) is 12.2. The number of rotatable bonds is 6. The number of anilines is 1. The fourth-order valence-electron chi connectivity index (χ4n) is 2.72. The SMILES string of the molecule is CCC(CC)N(CCBr)c1nnc(C)c2ccccc12. The van der Waals surface area contributed by atoms with Crippen molar-refractivity contribution in [1.82, 2.24) is 10.2 Å². The third-order valence-electron chi connectivity index (χ3n) is 3.83. The molecule has 0 fully saturated rings. The molecule has 4 heteroatoms. The zero-order chi connectivity index (χ0) is 14.5. The van der Waals surface area contributed by atoms with Gasteiger partial charge in [0.25, 0.3) is 0 Å². The Balaban J connectivity index is 2.56. The average Bonchev–Trinajstić information content (AvgIpc) is 2.48. The molecule has 2 aromatic rings. The summed E-state index contributed by atoms with van der Waals surface area (Å²) in [4.78, 5) is 2.39. The zero-order valence-electron chi connectivity index (χ0n) is 12.4. The molecule has 108 valence electrons. The summed E-state index contributed by atoms with van der Waals surface area (Å²) < 4.78 is 0. The molecule has 0 amide bonds. The molecule has 0 atom stereocenters. The van der Waals surface area contributed by atoms with E-state index in [1.165, 1.54) is 10.8 Å². The second-order valence-corrected chi connectivity index (χ2v) is 5.80. The monoisotopic (exact) mass is 335 g/mol. The fraction of sp³-hybridized carbons (Fsp3) is 0.500. The summed E-state index contributed by atoms with van der Waals surface area (Å²) in [6, 6.07) is 8.92. The Morgan fingerprint density at radius 2 is 1.75 bits per heavy atom. The second kappa shape index (κ2) is 7.02. The molecule has 0 spiro atoms. The van der Waals surface area contributed by atoms with Crippen molar-refractivity contribution < 1.29 is 0 Å². The Morgan fingerprint density at radius 3 is 2.35 bits per heavy atom. The molecule has 0 radical (unpaired) electrons. The van der Waals surface area contributed by atoms with Crippen molar-refractivity contribution >= 4 is 32.5 Å². The standard InChI is InChI=1S/C16H22BrN3/c1-4-13(5-2)20(11-10-17)16-15-9-7-6-8-14(15)12(3)18-19-16/h6-9,13H,4-5,10-11H2,1-3H3. The molecular weight excluding hydrogens is 314 g/mol. The Kier molecular flexibility index (Phi) is 5.35. The highest BCUT2D eigenvalue weighted by molar-refractivity contribution is 9.09. The highest BCUT2D eigenvalue weighted by atomic mass is 79.9. The van der Waals surface area contributed by atoms with Crippen molar-refractivity contribution in [3.05, 3.63) is 30.0 Å². The maximum atomic E-state index is 4.50. The molecule has 0 saturated heterocycles. The number of fused-ring (bicyclic) bond motifs is 1. The Labute approximate surface area is 129 Å². The van der Waals surface area contributed by atoms with Crippen LogP contribution in [0, 0.1) is 6.92 Å². The first kappa shape index (κ1) is 15.2. The van der Waals surface area contributed by atoms with E-state index >= 15 is 0 Å². The van der Waals surface area contributed by atoms with Gasteiger partial charge in [0, 0.05) is 28.7 Å². The lowest BCUT2D eigenvalue weighted by Crippen LogP contribution is -2.37. The van der Waals surface area contributed by atoms with E-state index in [1.807, 2.05) is 6.92 Å². The molecule has 1 aromatic heterocycles. The van der Waals surface area contributed by atoms with Crippen LogP contribution in [0.2, 0.25) is 0 Å². The molecule has 0 aliphatic carbocycles. The van der Waals surface area contributed by atoms with Gasteiger partial charge in [-0.05, 0) is 19.8 Å². The van der Waals surface area contributed by atoms with E-state index in [2.05, 4.69) is 69.1 Å². The van der Waals surface area contributed by atoms with Crippen molar-refractivity contribution in [1.29, 1.82) is 0 Å². The number of hydrogen-bond acceptors (Lipinski definition) is 3. The first-order chi connectivity index (χ1) is 9.72. The highest BCUT2D eigenvalue weighted by Crippen LogP contribution is 2.28. The second-order valence-electron chi connectivity index (χ2n) is 5.01. The highest BCUT2D eigenvalue weighted by Gasteiger charge is 2.19. The van der Waals surface area contributed by atoms with E-state index in [0.29, 0.717) is 6.04 Å². The van der Waals surface area contributed by atoms with Crippen LogP contribution < -0.4 is 4.90 Å². The molecule has 0 unspecified atom stereocenters.